The van der Waals surface area contributed by atoms with Crippen molar-refractivity contribution in [3.63, 3.8) is 0 Å². The lowest BCUT2D eigenvalue weighted by Gasteiger charge is -2.22. The van der Waals surface area contributed by atoms with Crippen LogP contribution in [-0.2, 0) is 9.59 Å². The number of anilines is 1. The lowest BCUT2D eigenvalue weighted by Crippen LogP contribution is -2.34. The predicted octanol–water partition coefficient (Wildman–Crippen LogP) is 4.17. The van der Waals surface area contributed by atoms with Gasteiger partial charge in [-0.1, -0.05) is 17.4 Å². The molecule has 3 aromatic rings. The first-order valence-corrected chi connectivity index (χ1v) is 9.77. The first-order chi connectivity index (χ1) is 12.9. The van der Waals surface area contributed by atoms with E-state index in [-0.39, 0.29) is 29.6 Å². The number of carbonyl (C=O) groups excluding carboxylic acids is 2. The Morgan fingerprint density at radius 2 is 2.07 bits per heavy atom. The Balaban J connectivity index is 1.53. The maximum absolute atomic E-state index is 13.4. The minimum absolute atomic E-state index is 0.0237. The highest BCUT2D eigenvalue weighted by Crippen LogP contribution is 2.34. The van der Waals surface area contributed by atoms with Crippen LogP contribution in [0.15, 0.2) is 30.3 Å². The smallest absolute Gasteiger partial charge is 0.229 e. The molecule has 1 N–H and O–H groups in total. The van der Waals surface area contributed by atoms with E-state index in [1.807, 2.05) is 12.1 Å². The minimum atomic E-state index is -0.272. The quantitative estimate of drug-likeness (QED) is 0.736. The number of benzene rings is 2. The zero-order chi connectivity index (χ0) is 19.1. The van der Waals surface area contributed by atoms with Crippen LogP contribution in [0.4, 0.5) is 9.52 Å². The fourth-order valence-corrected chi connectivity index (χ4v) is 4.75. The highest BCUT2D eigenvalue weighted by Gasteiger charge is 2.33. The summed E-state index contributed by atoms with van der Waals surface area (Å²) < 4.78 is 14.4. The largest absolute Gasteiger partial charge is 0.343 e. The number of nitrogens with one attached hydrogen (secondary N) is 1. The summed E-state index contributed by atoms with van der Waals surface area (Å²) >= 11 is 1.40. The van der Waals surface area contributed by atoms with Crippen molar-refractivity contribution in [1.82, 2.24) is 9.88 Å². The van der Waals surface area contributed by atoms with Crippen molar-refractivity contribution in [1.29, 1.82) is 0 Å². The van der Waals surface area contributed by atoms with Crippen molar-refractivity contribution in [2.24, 2.45) is 5.92 Å². The molecule has 0 spiro atoms. The summed E-state index contributed by atoms with van der Waals surface area (Å²) in [5, 5.41) is 5.22. The number of hydrogen-bond acceptors (Lipinski definition) is 4. The molecular weight excluding hydrogens is 365 g/mol. The van der Waals surface area contributed by atoms with Gasteiger partial charge in [-0.2, -0.15) is 0 Å². The lowest BCUT2D eigenvalue weighted by atomic mass is 10.1. The van der Waals surface area contributed by atoms with Gasteiger partial charge in [-0.15, -0.1) is 0 Å². The highest BCUT2D eigenvalue weighted by atomic mass is 32.1. The number of fused-ring (bicyclic) bond motifs is 3. The monoisotopic (exact) mass is 385 g/mol. The van der Waals surface area contributed by atoms with Crippen LogP contribution in [0.5, 0.6) is 0 Å². The molecule has 1 aliphatic carbocycles. The molecule has 1 aliphatic rings. The van der Waals surface area contributed by atoms with Crippen molar-refractivity contribution in [2.45, 2.75) is 32.2 Å². The second kappa shape index (κ2) is 6.88. The molecule has 2 aromatic carbocycles. The van der Waals surface area contributed by atoms with Crippen LogP contribution >= 0.6 is 11.3 Å². The maximum Gasteiger partial charge on any atom is 0.229 e. The molecule has 1 aromatic heterocycles. The van der Waals surface area contributed by atoms with Gasteiger partial charge >= 0.3 is 0 Å². The Morgan fingerprint density at radius 3 is 2.85 bits per heavy atom. The van der Waals surface area contributed by atoms with Crippen molar-refractivity contribution in [2.75, 3.05) is 12.4 Å². The second-order valence-corrected chi connectivity index (χ2v) is 8.08. The van der Waals surface area contributed by atoms with Crippen molar-refractivity contribution in [3.05, 3.63) is 36.1 Å². The number of rotatable bonds is 3. The predicted molar refractivity (Wildman–Crippen MR) is 105 cm³/mol. The molecule has 140 valence electrons. The normalized spacial score (nSPS) is 19.5. The van der Waals surface area contributed by atoms with Crippen molar-refractivity contribution in [3.8, 4) is 0 Å². The Bertz CT molecular complexity index is 1050. The number of hydrogen-bond donors (Lipinski definition) is 1. The van der Waals surface area contributed by atoms with E-state index in [0.717, 1.165) is 33.8 Å². The van der Waals surface area contributed by atoms with Gasteiger partial charge in [0.25, 0.3) is 0 Å². The second-order valence-electron chi connectivity index (χ2n) is 7.08. The molecule has 1 heterocycles. The van der Waals surface area contributed by atoms with Gasteiger partial charge in [0, 0.05) is 31.3 Å². The molecular formula is C20H20FN3O2S. The lowest BCUT2D eigenvalue weighted by molar-refractivity contribution is -0.130. The molecule has 7 heteroatoms. The number of carbonyl (C=O) groups is 2. The van der Waals surface area contributed by atoms with Gasteiger partial charge in [0.05, 0.1) is 10.2 Å². The van der Waals surface area contributed by atoms with Gasteiger partial charge in [0.15, 0.2) is 5.13 Å². The zero-order valence-corrected chi connectivity index (χ0v) is 16.0. The van der Waals surface area contributed by atoms with E-state index < -0.39 is 0 Å². The van der Waals surface area contributed by atoms with E-state index in [1.165, 1.54) is 23.5 Å². The van der Waals surface area contributed by atoms with E-state index in [4.69, 9.17) is 0 Å². The molecule has 0 radical (unpaired) electrons. The number of amides is 2. The molecule has 2 atom stereocenters. The van der Waals surface area contributed by atoms with Crippen LogP contribution in [0.2, 0.25) is 0 Å². The fraction of sp³-hybridized carbons (Fsp3) is 0.350. The summed E-state index contributed by atoms with van der Waals surface area (Å²) in [5.74, 6) is -0.416. The summed E-state index contributed by atoms with van der Waals surface area (Å²) in [5.41, 5.74) is 0.787. The fourth-order valence-electron chi connectivity index (χ4n) is 3.75. The van der Waals surface area contributed by atoms with Gasteiger partial charge in [0.2, 0.25) is 11.8 Å². The summed E-state index contributed by atoms with van der Waals surface area (Å²) in [6, 6.07) is 8.48. The number of nitrogens with zero attached hydrogens (tertiary/aromatic N) is 2. The zero-order valence-electron chi connectivity index (χ0n) is 15.2. The topological polar surface area (TPSA) is 62.3 Å². The van der Waals surface area contributed by atoms with E-state index in [2.05, 4.69) is 10.3 Å². The Hall–Kier alpha value is -2.54. The molecule has 1 saturated carbocycles. The van der Waals surface area contributed by atoms with Crippen molar-refractivity contribution < 1.29 is 14.0 Å². The van der Waals surface area contributed by atoms with Gasteiger partial charge in [-0.25, -0.2) is 9.37 Å². The van der Waals surface area contributed by atoms with Crippen molar-refractivity contribution >= 4 is 49.3 Å². The first kappa shape index (κ1) is 17.9. The molecule has 27 heavy (non-hydrogen) atoms. The minimum Gasteiger partial charge on any atom is -0.343 e. The average Bonchev–Trinajstić information content (AvgIpc) is 3.27. The van der Waals surface area contributed by atoms with E-state index in [1.54, 1.807) is 24.9 Å². The standard InChI is InChI=1S/C20H20FN3O2S/c1-11(25)24(2)15-6-3-13(10-15)19(26)23-20-22-17-8-4-12-9-14(21)5-7-16(12)18(17)27-20/h4-5,7-9,13,15H,3,6,10H2,1-2H3,(H,22,23,26). The molecule has 2 unspecified atom stereocenters. The molecule has 0 aliphatic heterocycles. The van der Waals surface area contributed by atoms with Crippen LogP contribution in [0.25, 0.3) is 21.0 Å². The molecule has 5 nitrogen and oxygen atoms in total. The van der Waals surface area contributed by atoms with Gasteiger partial charge < -0.3 is 10.2 Å². The molecule has 0 bridgehead atoms. The van der Waals surface area contributed by atoms with E-state index in [9.17, 15) is 14.0 Å². The Kier molecular flexibility index (Phi) is 4.55. The molecule has 2 amide bonds. The number of thiazole rings is 1. The summed E-state index contributed by atoms with van der Waals surface area (Å²) in [7, 11) is 1.79. The molecule has 4 rings (SSSR count). The number of halogens is 1. The summed E-state index contributed by atoms with van der Waals surface area (Å²) in [6.45, 7) is 1.55. The maximum atomic E-state index is 13.4. The first-order valence-electron chi connectivity index (χ1n) is 8.95. The van der Waals surface area contributed by atoms with Crippen LogP contribution in [0.3, 0.4) is 0 Å². The number of aromatic nitrogens is 1. The van der Waals surface area contributed by atoms with Crippen LogP contribution in [0, 0.1) is 11.7 Å². The van der Waals surface area contributed by atoms with E-state index in [0.29, 0.717) is 11.6 Å². The highest BCUT2D eigenvalue weighted by molar-refractivity contribution is 7.23. The third-order valence-electron chi connectivity index (χ3n) is 5.38. The third-order valence-corrected chi connectivity index (χ3v) is 6.40. The summed E-state index contributed by atoms with van der Waals surface area (Å²) in [6.07, 6.45) is 2.28. The van der Waals surface area contributed by atoms with Crippen LogP contribution in [0.1, 0.15) is 26.2 Å². The third kappa shape index (κ3) is 3.39. The molecule has 1 fully saturated rings. The van der Waals surface area contributed by atoms with Crippen LogP contribution in [-0.4, -0.2) is 34.8 Å². The molecule has 0 saturated heterocycles. The summed E-state index contributed by atoms with van der Waals surface area (Å²) in [4.78, 5) is 30.4. The van der Waals surface area contributed by atoms with E-state index >= 15 is 0 Å². The Morgan fingerprint density at radius 1 is 1.26 bits per heavy atom. The van der Waals surface area contributed by atoms with Gasteiger partial charge in [-0.05, 0) is 48.9 Å². The average molecular weight is 385 g/mol. The van der Waals surface area contributed by atoms with Gasteiger partial charge in [-0.3, -0.25) is 9.59 Å². The SMILES string of the molecule is CC(=O)N(C)C1CCC(C(=O)Nc2nc3ccc4cc(F)ccc4c3s2)C1. The van der Waals surface area contributed by atoms with Gasteiger partial charge in [0.1, 0.15) is 5.82 Å². The Labute approximate surface area is 160 Å². The van der Waals surface area contributed by atoms with Crippen LogP contribution < -0.4 is 5.32 Å².